The second-order valence-corrected chi connectivity index (χ2v) is 6.86. The second-order valence-electron chi connectivity index (χ2n) is 5.90. The van der Waals surface area contributed by atoms with Crippen molar-refractivity contribution in [3.8, 4) is 11.3 Å². The first kappa shape index (κ1) is 19.4. The number of H-pyrrole nitrogens is 1. The summed E-state index contributed by atoms with van der Waals surface area (Å²) in [4.78, 5) is 42.1. The average Bonchev–Trinajstić information content (AvgIpc) is 2.68. The molecule has 0 aliphatic heterocycles. The standard InChI is InChI=1S/C20H18N4O3S/c1-13(25)21-15-7-9-16(10-8-15)22-19(27)12-28-20-23-17(11-18(26)24-20)14-5-3-2-4-6-14/h2-11H,12H2,1H3,(H,21,25)(H,22,27)(H,23,24,26). The van der Waals surface area contributed by atoms with Gasteiger partial charge in [-0.15, -0.1) is 0 Å². The van der Waals surface area contributed by atoms with Crippen LogP contribution < -0.4 is 16.2 Å². The molecule has 2 aromatic carbocycles. The molecule has 0 fully saturated rings. The van der Waals surface area contributed by atoms with Crippen LogP contribution in [0.15, 0.2) is 70.6 Å². The maximum absolute atomic E-state index is 12.2. The summed E-state index contributed by atoms with van der Waals surface area (Å²) in [5, 5.41) is 5.80. The van der Waals surface area contributed by atoms with Crippen LogP contribution in [0.5, 0.6) is 0 Å². The Balaban J connectivity index is 1.61. The summed E-state index contributed by atoms with van der Waals surface area (Å²) in [6.45, 7) is 1.43. The molecule has 3 rings (SSSR count). The van der Waals surface area contributed by atoms with Gasteiger partial charge in [0.15, 0.2) is 5.16 Å². The van der Waals surface area contributed by atoms with Gasteiger partial charge in [0.05, 0.1) is 11.4 Å². The molecule has 0 saturated heterocycles. The van der Waals surface area contributed by atoms with Gasteiger partial charge in [0.2, 0.25) is 11.8 Å². The normalized spacial score (nSPS) is 10.3. The van der Waals surface area contributed by atoms with Crippen LogP contribution in [0.2, 0.25) is 0 Å². The van der Waals surface area contributed by atoms with Gasteiger partial charge in [0, 0.05) is 29.9 Å². The van der Waals surface area contributed by atoms with Crippen LogP contribution in [0.1, 0.15) is 6.92 Å². The number of thioether (sulfide) groups is 1. The average molecular weight is 394 g/mol. The van der Waals surface area contributed by atoms with E-state index >= 15 is 0 Å². The Bertz CT molecular complexity index is 1030. The summed E-state index contributed by atoms with van der Waals surface area (Å²) in [6.07, 6.45) is 0. The van der Waals surface area contributed by atoms with E-state index in [1.807, 2.05) is 30.3 Å². The Morgan fingerprint density at radius 2 is 1.64 bits per heavy atom. The summed E-state index contributed by atoms with van der Waals surface area (Å²) in [5.41, 5.74) is 2.38. The number of nitrogens with zero attached hydrogens (tertiary/aromatic N) is 1. The number of aromatic nitrogens is 2. The minimum atomic E-state index is -0.273. The quantitative estimate of drug-likeness (QED) is 0.440. The van der Waals surface area contributed by atoms with Crippen molar-refractivity contribution in [2.75, 3.05) is 16.4 Å². The highest BCUT2D eigenvalue weighted by atomic mass is 32.2. The van der Waals surface area contributed by atoms with Crippen LogP contribution in [0.3, 0.4) is 0 Å². The van der Waals surface area contributed by atoms with Gasteiger partial charge in [-0.1, -0.05) is 42.1 Å². The second kappa shape index (κ2) is 9.01. The third-order valence-electron chi connectivity index (χ3n) is 3.62. The number of aromatic amines is 1. The highest BCUT2D eigenvalue weighted by molar-refractivity contribution is 7.99. The van der Waals surface area contributed by atoms with Gasteiger partial charge >= 0.3 is 0 Å². The number of anilines is 2. The fourth-order valence-electron chi connectivity index (χ4n) is 2.43. The molecule has 0 unspecified atom stereocenters. The van der Waals surface area contributed by atoms with Crippen LogP contribution in [0, 0.1) is 0 Å². The molecule has 28 heavy (non-hydrogen) atoms. The van der Waals surface area contributed by atoms with E-state index in [1.54, 1.807) is 24.3 Å². The van der Waals surface area contributed by atoms with E-state index in [1.165, 1.54) is 13.0 Å². The summed E-state index contributed by atoms with van der Waals surface area (Å²) in [5.74, 6) is -0.299. The number of rotatable bonds is 6. The summed E-state index contributed by atoms with van der Waals surface area (Å²) in [6, 6.07) is 17.6. The summed E-state index contributed by atoms with van der Waals surface area (Å²) in [7, 11) is 0. The predicted octanol–water partition coefficient (Wildman–Crippen LogP) is 3.13. The van der Waals surface area contributed by atoms with E-state index in [-0.39, 0.29) is 23.1 Å². The molecular formula is C20H18N4O3S. The van der Waals surface area contributed by atoms with E-state index in [4.69, 9.17) is 0 Å². The van der Waals surface area contributed by atoms with Crippen molar-refractivity contribution in [1.82, 2.24) is 9.97 Å². The number of carbonyl (C=O) groups is 2. The molecule has 0 aliphatic rings. The van der Waals surface area contributed by atoms with E-state index in [0.717, 1.165) is 17.3 Å². The van der Waals surface area contributed by atoms with Crippen LogP contribution in [0.4, 0.5) is 11.4 Å². The van der Waals surface area contributed by atoms with Crippen LogP contribution >= 0.6 is 11.8 Å². The first-order chi connectivity index (χ1) is 13.5. The Morgan fingerprint density at radius 3 is 2.29 bits per heavy atom. The fraction of sp³-hybridized carbons (Fsp3) is 0.100. The van der Waals surface area contributed by atoms with Gasteiger partial charge in [0.1, 0.15) is 0 Å². The van der Waals surface area contributed by atoms with Crippen LogP contribution in [-0.4, -0.2) is 27.5 Å². The van der Waals surface area contributed by atoms with E-state index < -0.39 is 0 Å². The van der Waals surface area contributed by atoms with Gasteiger partial charge in [-0.3, -0.25) is 14.4 Å². The first-order valence-corrected chi connectivity index (χ1v) is 9.45. The zero-order valence-corrected chi connectivity index (χ0v) is 15.9. The van der Waals surface area contributed by atoms with Gasteiger partial charge in [-0.05, 0) is 24.3 Å². The molecule has 0 spiro atoms. The predicted molar refractivity (Wildman–Crippen MR) is 110 cm³/mol. The van der Waals surface area contributed by atoms with Crippen molar-refractivity contribution in [2.45, 2.75) is 12.1 Å². The molecule has 0 saturated carbocycles. The van der Waals surface area contributed by atoms with E-state index in [2.05, 4.69) is 20.6 Å². The molecule has 0 aliphatic carbocycles. The van der Waals surface area contributed by atoms with Crippen molar-refractivity contribution < 1.29 is 9.59 Å². The Hall–Kier alpha value is -3.39. The molecule has 0 atom stereocenters. The summed E-state index contributed by atoms with van der Waals surface area (Å²) < 4.78 is 0. The van der Waals surface area contributed by atoms with Crippen molar-refractivity contribution in [1.29, 1.82) is 0 Å². The number of carbonyl (C=O) groups excluding carboxylic acids is 2. The van der Waals surface area contributed by atoms with Crippen molar-refractivity contribution in [3.63, 3.8) is 0 Å². The Kier molecular flexibility index (Phi) is 6.23. The molecule has 3 N–H and O–H groups in total. The Morgan fingerprint density at radius 1 is 1.00 bits per heavy atom. The molecular weight excluding hydrogens is 376 g/mol. The van der Waals surface area contributed by atoms with E-state index in [0.29, 0.717) is 22.2 Å². The van der Waals surface area contributed by atoms with Crippen molar-refractivity contribution in [2.24, 2.45) is 0 Å². The molecule has 2 amide bonds. The van der Waals surface area contributed by atoms with Gasteiger partial charge < -0.3 is 15.6 Å². The third kappa shape index (κ3) is 5.55. The maximum Gasteiger partial charge on any atom is 0.252 e. The number of benzene rings is 2. The smallest absolute Gasteiger partial charge is 0.252 e. The molecule has 7 nitrogen and oxygen atoms in total. The van der Waals surface area contributed by atoms with Crippen LogP contribution in [-0.2, 0) is 9.59 Å². The number of amides is 2. The minimum Gasteiger partial charge on any atom is -0.326 e. The SMILES string of the molecule is CC(=O)Nc1ccc(NC(=O)CSc2nc(-c3ccccc3)cc(=O)[nH]2)cc1. The zero-order chi connectivity index (χ0) is 19.9. The monoisotopic (exact) mass is 394 g/mol. The lowest BCUT2D eigenvalue weighted by molar-refractivity contribution is -0.114. The molecule has 1 aromatic heterocycles. The number of hydrogen-bond acceptors (Lipinski definition) is 5. The molecule has 0 bridgehead atoms. The van der Waals surface area contributed by atoms with Gasteiger partial charge in [0.25, 0.3) is 5.56 Å². The lowest BCUT2D eigenvalue weighted by Gasteiger charge is -2.07. The number of nitrogens with one attached hydrogen (secondary N) is 3. The molecule has 1 heterocycles. The maximum atomic E-state index is 12.2. The highest BCUT2D eigenvalue weighted by Gasteiger charge is 2.08. The minimum absolute atomic E-state index is 0.0919. The zero-order valence-electron chi connectivity index (χ0n) is 15.1. The topological polar surface area (TPSA) is 104 Å². The Labute approximate surface area is 165 Å². The molecule has 3 aromatic rings. The largest absolute Gasteiger partial charge is 0.326 e. The third-order valence-corrected chi connectivity index (χ3v) is 4.49. The van der Waals surface area contributed by atoms with Crippen molar-refractivity contribution in [3.05, 3.63) is 71.0 Å². The van der Waals surface area contributed by atoms with E-state index in [9.17, 15) is 14.4 Å². The van der Waals surface area contributed by atoms with Gasteiger partial charge in [-0.2, -0.15) is 0 Å². The fourth-order valence-corrected chi connectivity index (χ4v) is 3.11. The lowest BCUT2D eigenvalue weighted by Crippen LogP contribution is -2.15. The molecule has 8 heteroatoms. The molecule has 0 radical (unpaired) electrons. The highest BCUT2D eigenvalue weighted by Crippen LogP contribution is 2.19. The van der Waals surface area contributed by atoms with Crippen molar-refractivity contribution >= 4 is 35.0 Å². The first-order valence-electron chi connectivity index (χ1n) is 8.47. The summed E-state index contributed by atoms with van der Waals surface area (Å²) >= 11 is 1.15. The lowest BCUT2D eigenvalue weighted by atomic mass is 10.1. The van der Waals surface area contributed by atoms with Gasteiger partial charge in [-0.25, -0.2) is 4.98 Å². The van der Waals surface area contributed by atoms with Crippen LogP contribution in [0.25, 0.3) is 11.3 Å². The number of hydrogen-bond donors (Lipinski definition) is 3. The molecule has 142 valence electrons.